The number of Topliss-reactive ketones (excluding diaryl/α,β-unsaturated/α-hetero) is 1. The predicted molar refractivity (Wildman–Crippen MR) is 122 cm³/mol. The number of carbonyl (C=O) groups is 1. The summed E-state index contributed by atoms with van der Waals surface area (Å²) in [5.41, 5.74) is 3.10. The molecule has 0 aromatic heterocycles. The number of rotatable bonds is 5. The highest BCUT2D eigenvalue weighted by Crippen LogP contribution is 2.38. The van der Waals surface area contributed by atoms with E-state index in [1.54, 1.807) is 36.4 Å². The SMILES string of the molecule is O=C1C(=Cc2cc(Cl)cc3c2OCOC3)Oc2cc(OCC=Cc3ccccc3)ccc21. The molecule has 0 bridgehead atoms. The first-order valence-corrected chi connectivity index (χ1v) is 10.5. The van der Waals surface area contributed by atoms with E-state index in [-0.39, 0.29) is 18.3 Å². The third-order valence-corrected chi connectivity index (χ3v) is 5.31. The number of allylic oxidation sites excluding steroid dienone is 1. The van der Waals surface area contributed by atoms with Crippen molar-refractivity contribution in [2.45, 2.75) is 6.61 Å². The van der Waals surface area contributed by atoms with Gasteiger partial charge in [0.2, 0.25) is 5.78 Å². The average molecular weight is 447 g/mol. The van der Waals surface area contributed by atoms with E-state index in [1.807, 2.05) is 42.5 Å². The van der Waals surface area contributed by atoms with E-state index in [1.165, 1.54) is 0 Å². The molecule has 160 valence electrons. The standard InChI is InChI=1S/C26H19ClO5/c27-20-11-18(26-19(12-20)15-29-16-31-26)13-24-25(28)22-9-8-21(14-23(22)32-24)30-10-4-7-17-5-2-1-3-6-17/h1-9,11-14H,10,15-16H2. The van der Waals surface area contributed by atoms with Gasteiger partial charge in [-0.2, -0.15) is 0 Å². The maximum Gasteiger partial charge on any atom is 0.231 e. The molecule has 0 aliphatic carbocycles. The van der Waals surface area contributed by atoms with Gasteiger partial charge in [-0.05, 0) is 42.0 Å². The maximum absolute atomic E-state index is 12.8. The number of hydrogen-bond acceptors (Lipinski definition) is 5. The van der Waals surface area contributed by atoms with Crippen LogP contribution in [0, 0.1) is 0 Å². The van der Waals surface area contributed by atoms with Gasteiger partial charge in [-0.15, -0.1) is 0 Å². The minimum Gasteiger partial charge on any atom is -0.489 e. The molecule has 6 heteroatoms. The molecule has 0 radical (unpaired) electrons. The highest BCUT2D eigenvalue weighted by molar-refractivity contribution is 6.31. The van der Waals surface area contributed by atoms with E-state index in [4.69, 9.17) is 30.5 Å². The van der Waals surface area contributed by atoms with Gasteiger partial charge in [0.1, 0.15) is 23.9 Å². The van der Waals surface area contributed by atoms with Crippen molar-refractivity contribution in [3.63, 3.8) is 0 Å². The quantitative estimate of drug-likeness (QED) is 0.456. The Hall–Kier alpha value is -3.54. The second-order valence-electron chi connectivity index (χ2n) is 7.32. The van der Waals surface area contributed by atoms with Crippen molar-refractivity contribution in [2.24, 2.45) is 0 Å². The van der Waals surface area contributed by atoms with E-state index in [0.717, 1.165) is 11.1 Å². The molecule has 0 saturated carbocycles. The van der Waals surface area contributed by atoms with Gasteiger partial charge >= 0.3 is 0 Å². The van der Waals surface area contributed by atoms with Gasteiger partial charge in [-0.1, -0.05) is 48.0 Å². The molecule has 0 spiro atoms. The van der Waals surface area contributed by atoms with Crippen molar-refractivity contribution >= 4 is 29.5 Å². The van der Waals surface area contributed by atoms with Crippen LogP contribution in [0.3, 0.4) is 0 Å². The van der Waals surface area contributed by atoms with Gasteiger partial charge in [0.05, 0.1) is 12.2 Å². The number of carbonyl (C=O) groups excluding carboxylic acids is 1. The summed E-state index contributed by atoms with van der Waals surface area (Å²) in [6.45, 7) is 0.956. The van der Waals surface area contributed by atoms with Crippen LogP contribution in [0.25, 0.3) is 12.2 Å². The number of ketones is 1. The Bertz CT molecular complexity index is 1230. The van der Waals surface area contributed by atoms with Crippen molar-refractivity contribution in [3.8, 4) is 17.2 Å². The Morgan fingerprint density at radius 1 is 1.06 bits per heavy atom. The smallest absolute Gasteiger partial charge is 0.231 e. The molecular formula is C26H19ClO5. The Morgan fingerprint density at radius 2 is 1.94 bits per heavy atom. The van der Waals surface area contributed by atoms with Crippen LogP contribution in [0.1, 0.15) is 27.0 Å². The van der Waals surface area contributed by atoms with E-state index in [0.29, 0.717) is 46.6 Å². The lowest BCUT2D eigenvalue weighted by Gasteiger charge is -2.20. The monoisotopic (exact) mass is 446 g/mol. The maximum atomic E-state index is 12.8. The molecule has 0 saturated heterocycles. The Morgan fingerprint density at radius 3 is 2.81 bits per heavy atom. The van der Waals surface area contributed by atoms with Crippen molar-refractivity contribution in [2.75, 3.05) is 13.4 Å². The molecule has 0 amide bonds. The first-order valence-electron chi connectivity index (χ1n) is 10.1. The summed E-state index contributed by atoms with van der Waals surface area (Å²) < 4.78 is 22.6. The number of ether oxygens (including phenoxy) is 4. The van der Waals surface area contributed by atoms with Crippen LogP contribution in [0.15, 0.2) is 72.5 Å². The molecule has 0 N–H and O–H groups in total. The van der Waals surface area contributed by atoms with Gasteiger partial charge in [-0.3, -0.25) is 4.79 Å². The van der Waals surface area contributed by atoms with Crippen LogP contribution in [0.5, 0.6) is 17.2 Å². The Balaban J connectivity index is 1.32. The number of hydrogen-bond donors (Lipinski definition) is 0. The molecule has 3 aromatic carbocycles. The van der Waals surface area contributed by atoms with Crippen LogP contribution < -0.4 is 14.2 Å². The van der Waals surface area contributed by atoms with Crippen LogP contribution in [0.4, 0.5) is 0 Å². The van der Waals surface area contributed by atoms with Crippen LogP contribution in [0.2, 0.25) is 5.02 Å². The van der Waals surface area contributed by atoms with Crippen molar-refractivity contribution in [3.05, 3.63) is 99.8 Å². The van der Waals surface area contributed by atoms with Gasteiger partial charge < -0.3 is 18.9 Å². The minimum absolute atomic E-state index is 0.152. The molecule has 2 heterocycles. The van der Waals surface area contributed by atoms with Crippen molar-refractivity contribution in [1.82, 2.24) is 0 Å². The fraction of sp³-hybridized carbons (Fsp3) is 0.115. The van der Waals surface area contributed by atoms with Gasteiger partial charge in [-0.25, -0.2) is 0 Å². The first-order chi connectivity index (χ1) is 15.7. The molecule has 2 aliphatic rings. The Kier molecular flexibility index (Phi) is 5.67. The summed E-state index contributed by atoms with van der Waals surface area (Å²) in [6.07, 6.45) is 5.58. The molecule has 5 nitrogen and oxygen atoms in total. The number of fused-ring (bicyclic) bond motifs is 2. The summed E-state index contributed by atoms with van der Waals surface area (Å²) in [6, 6.07) is 18.7. The van der Waals surface area contributed by atoms with E-state index in [2.05, 4.69) is 0 Å². The zero-order valence-corrected chi connectivity index (χ0v) is 17.8. The lowest BCUT2D eigenvalue weighted by molar-refractivity contribution is -0.0165. The molecule has 5 rings (SSSR count). The van der Waals surface area contributed by atoms with Crippen molar-refractivity contribution < 1.29 is 23.7 Å². The zero-order chi connectivity index (χ0) is 21.9. The molecule has 0 fully saturated rings. The zero-order valence-electron chi connectivity index (χ0n) is 17.0. The largest absolute Gasteiger partial charge is 0.489 e. The summed E-state index contributed by atoms with van der Waals surface area (Å²) in [5.74, 6) is 1.74. The first kappa shape index (κ1) is 20.4. The highest BCUT2D eigenvalue weighted by Gasteiger charge is 2.28. The summed E-state index contributed by atoms with van der Waals surface area (Å²) in [5, 5.41) is 0.534. The molecule has 0 unspecified atom stereocenters. The van der Waals surface area contributed by atoms with E-state index >= 15 is 0 Å². The second-order valence-corrected chi connectivity index (χ2v) is 7.75. The molecule has 3 aromatic rings. The Labute approximate surface area is 190 Å². The summed E-state index contributed by atoms with van der Waals surface area (Å²) in [7, 11) is 0. The van der Waals surface area contributed by atoms with E-state index < -0.39 is 0 Å². The van der Waals surface area contributed by atoms with Gasteiger partial charge in [0, 0.05) is 22.2 Å². The normalized spacial score (nSPS) is 15.9. The number of benzene rings is 3. The summed E-state index contributed by atoms with van der Waals surface area (Å²) in [4.78, 5) is 12.8. The second kappa shape index (κ2) is 8.91. The lowest BCUT2D eigenvalue weighted by atomic mass is 10.1. The van der Waals surface area contributed by atoms with Crippen LogP contribution in [-0.4, -0.2) is 19.2 Å². The molecule has 32 heavy (non-hydrogen) atoms. The highest BCUT2D eigenvalue weighted by atomic mass is 35.5. The molecule has 0 atom stereocenters. The third-order valence-electron chi connectivity index (χ3n) is 5.09. The average Bonchev–Trinajstić information content (AvgIpc) is 3.12. The van der Waals surface area contributed by atoms with E-state index in [9.17, 15) is 4.79 Å². The van der Waals surface area contributed by atoms with Crippen LogP contribution in [-0.2, 0) is 11.3 Å². The van der Waals surface area contributed by atoms with Crippen molar-refractivity contribution in [1.29, 1.82) is 0 Å². The molecule has 2 aliphatic heterocycles. The third kappa shape index (κ3) is 4.26. The number of halogens is 1. The van der Waals surface area contributed by atoms with Gasteiger partial charge in [0.25, 0.3) is 0 Å². The fourth-order valence-electron chi connectivity index (χ4n) is 3.61. The minimum atomic E-state index is -0.198. The lowest BCUT2D eigenvalue weighted by Crippen LogP contribution is -2.12. The predicted octanol–water partition coefficient (Wildman–Crippen LogP) is 5.91. The van der Waals surface area contributed by atoms with Gasteiger partial charge in [0.15, 0.2) is 12.6 Å². The topological polar surface area (TPSA) is 54.0 Å². The van der Waals surface area contributed by atoms with Crippen LogP contribution >= 0.6 is 11.6 Å². The summed E-state index contributed by atoms with van der Waals surface area (Å²) >= 11 is 6.22. The fourth-order valence-corrected chi connectivity index (χ4v) is 3.86. The molecular weight excluding hydrogens is 428 g/mol.